The van der Waals surface area contributed by atoms with Crippen molar-refractivity contribution in [1.82, 2.24) is 10.2 Å². The lowest BCUT2D eigenvalue weighted by Crippen LogP contribution is -2.20. The van der Waals surface area contributed by atoms with Crippen LogP contribution in [0, 0.1) is 5.92 Å². The monoisotopic (exact) mass is 227 g/mol. The number of benzene rings is 1. The molecule has 1 aromatic heterocycles. The molecule has 17 heavy (non-hydrogen) atoms. The van der Waals surface area contributed by atoms with Gasteiger partial charge in [0.25, 0.3) is 0 Å². The molecule has 0 unspecified atom stereocenters. The van der Waals surface area contributed by atoms with Gasteiger partial charge in [0.1, 0.15) is 0 Å². The van der Waals surface area contributed by atoms with Gasteiger partial charge in [0.2, 0.25) is 0 Å². The Morgan fingerprint density at radius 3 is 2.94 bits per heavy atom. The first-order chi connectivity index (χ1) is 8.42. The lowest BCUT2D eigenvalue weighted by atomic mass is 9.85. The minimum atomic E-state index is 0.880. The fourth-order valence-electron chi connectivity index (χ4n) is 2.17. The van der Waals surface area contributed by atoms with E-state index in [0.29, 0.717) is 0 Å². The number of aromatic nitrogens is 2. The summed E-state index contributed by atoms with van der Waals surface area (Å²) in [6.45, 7) is 1.10. The SMILES string of the molecule is c1cc(NCC2CCC2)cc(-c2ccn[nH]2)c1. The zero-order valence-corrected chi connectivity index (χ0v) is 9.82. The molecule has 0 radical (unpaired) electrons. The van der Waals surface area contributed by atoms with E-state index in [4.69, 9.17) is 0 Å². The number of aromatic amines is 1. The molecular weight excluding hydrogens is 210 g/mol. The Bertz CT molecular complexity index is 472. The lowest BCUT2D eigenvalue weighted by molar-refractivity contribution is 0.333. The van der Waals surface area contributed by atoms with Crippen molar-refractivity contribution >= 4 is 5.69 Å². The molecule has 0 bridgehead atoms. The molecule has 1 aliphatic carbocycles. The van der Waals surface area contributed by atoms with Crippen LogP contribution in [0.2, 0.25) is 0 Å². The molecule has 3 nitrogen and oxygen atoms in total. The number of nitrogens with zero attached hydrogens (tertiary/aromatic N) is 1. The molecule has 1 aromatic carbocycles. The lowest BCUT2D eigenvalue weighted by Gasteiger charge is -2.25. The summed E-state index contributed by atoms with van der Waals surface area (Å²) in [5, 5.41) is 10.5. The smallest absolute Gasteiger partial charge is 0.0650 e. The molecule has 3 heteroatoms. The average molecular weight is 227 g/mol. The van der Waals surface area contributed by atoms with Gasteiger partial charge in [-0.05, 0) is 37.0 Å². The maximum Gasteiger partial charge on any atom is 0.0650 e. The van der Waals surface area contributed by atoms with Crippen molar-refractivity contribution in [2.45, 2.75) is 19.3 Å². The van der Waals surface area contributed by atoms with Crippen molar-refractivity contribution in [3.63, 3.8) is 0 Å². The highest BCUT2D eigenvalue weighted by Crippen LogP contribution is 2.27. The zero-order valence-electron chi connectivity index (χ0n) is 9.82. The van der Waals surface area contributed by atoms with Gasteiger partial charge in [-0.1, -0.05) is 18.6 Å². The van der Waals surface area contributed by atoms with E-state index in [2.05, 4.69) is 39.8 Å². The summed E-state index contributed by atoms with van der Waals surface area (Å²) in [7, 11) is 0. The van der Waals surface area contributed by atoms with E-state index >= 15 is 0 Å². The van der Waals surface area contributed by atoms with Gasteiger partial charge >= 0.3 is 0 Å². The standard InChI is InChI=1S/C14H17N3/c1-3-11(4-1)10-15-13-6-2-5-12(9-13)14-7-8-16-17-14/h2,5-9,11,15H,1,3-4,10H2,(H,16,17). The van der Waals surface area contributed by atoms with E-state index in [1.54, 1.807) is 6.20 Å². The summed E-state index contributed by atoms with van der Waals surface area (Å²) in [6, 6.07) is 10.5. The van der Waals surface area contributed by atoms with E-state index in [-0.39, 0.29) is 0 Å². The first kappa shape index (κ1) is 10.4. The van der Waals surface area contributed by atoms with Crippen LogP contribution >= 0.6 is 0 Å². The molecule has 0 amide bonds. The van der Waals surface area contributed by atoms with Gasteiger partial charge in [-0.2, -0.15) is 5.10 Å². The van der Waals surface area contributed by atoms with Crippen LogP contribution in [0.25, 0.3) is 11.3 Å². The molecule has 0 spiro atoms. The van der Waals surface area contributed by atoms with E-state index < -0.39 is 0 Å². The van der Waals surface area contributed by atoms with Crippen LogP contribution in [0.3, 0.4) is 0 Å². The Hall–Kier alpha value is -1.77. The molecule has 1 aliphatic rings. The predicted molar refractivity (Wildman–Crippen MR) is 69.9 cm³/mol. The highest BCUT2D eigenvalue weighted by Gasteiger charge is 2.16. The number of anilines is 1. The summed E-state index contributed by atoms with van der Waals surface area (Å²) in [6.07, 6.45) is 5.95. The third kappa shape index (κ3) is 2.33. The summed E-state index contributed by atoms with van der Waals surface area (Å²) in [4.78, 5) is 0. The van der Waals surface area contributed by atoms with Gasteiger partial charge in [-0.25, -0.2) is 0 Å². The Morgan fingerprint density at radius 1 is 1.29 bits per heavy atom. The third-order valence-electron chi connectivity index (χ3n) is 3.49. The third-order valence-corrected chi connectivity index (χ3v) is 3.49. The van der Waals surface area contributed by atoms with Crippen molar-refractivity contribution in [1.29, 1.82) is 0 Å². The van der Waals surface area contributed by atoms with Crippen LogP contribution in [0.4, 0.5) is 5.69 Å². The highest BCUT2D eigenvalue weighted by molar-refractivity contribution is 5.64. The van der Waals surface area contributed by atoms with E-state index in [1.165, 1.54) is 30.5 Å². The topological polar surface area (TPSA) is 40.7 Å². The minimum Gasteiger partial charge on any atom is -0.385 e. The second kappa shape index (κ2) is 4.62. The molecule has 1 heterocycles. The summed E-state index contributed by atoms with van der Waals surface area (Å²) in [5.74, 6) is 0.880. The number of rotatable bonds is 4. The Morgan fingerprint density at radius 2 is 2.24 bits per heavy atom. The molecule has 2 N–H and O–H groups in total. The highest BCUT2D eigenvalue weighted by atomic mass is 15.1. The first-order valence-corrected chi connectivity index (χ1v) is 6.25. The number of H-pyrrole nitrogens is 1. The second-order valence-corrected chi connectivity index (χ2v) is 4.73. The van der Waals surface area contributed by atoms with Gasteiger partial charge in [0.05, 0.1) is 5.69 Å². The molecule has 2 aromatic rings. The van der Waals surface area contributed by atoms with Gasteiger partial charge in [0.15, 0.2) is 0 Å². The van der Waals surface area contributed by atoms with Gasteiger partial charge in [-0.3, -0.25) is 5.10 Å². The Kier molecular flexibility index (Phi) is 2.82. The van der Waals surface area contributed by atoms with Crippen molar-refractivity contribution in [3.8, 4) is 11.3 Å². The van der Waals surface area contributed by atoms with Crippen LogP contribution < -0.4 is 5.32 Å². The van der Waals surface area contributed by atoms with Crippen LogP contribution in [-0.2, 0) is 0 Å². The molecule has 0 saturated heterocycles. The molecule has 88 valence electrons. The van der Waals surface area contributed by atoms with Crippen molar-refractivity contribution < 1.29 is 0 Å². The van der Waals surface area contributed by atoms with Gasteiger partial charge < -0.3 is 5.32 Å². The fourth-order valence-corrected chi connectivity index (χ4v) is 2.17. The Labute approximate surface area is 101 Å². The number of hydrogen-bond donors (Lipinski definition) is 2. The van der Waals surface area contributed by atoms with Crippen LogP contribution in [0.15, 0.2) is 36.5 Å². The number of nitrogens with one attached hydrogen (secondary N) is 2. The first-order valence-electron chi connectivity index (χ1n) is 6.25. The summed E-state index contributed by atoms with van der Waals surface area (Å²) in [5.41, 5.74) is 3.45. The average Bonchev–Trinajstić information content (AvgIpc) is 2.81. The quantitative estimate of drug-likeness (QED) is 0.841. The van der Waals surface area contributed by atoms with Crippen molar-refractivity contribution in [2.24, 2.45) is 5.92 Å². The minimum absolute atomic E-state index is 0.880. The van der Waals surface area contributed by atoms with Gasteiger partial charge in [-0.15, -0.1) is 0 Å². The Balaban J connectivity index is 1.70. The zero-order chi connectivity index (χ0) is 11.5. The normalized spacial score (nSPS) is 15.5. The molecule has 3 rings (SSSR count). The molecule has 0 atom stereocenters. The maximum absolute atomic E-state index is 3.98. The summed E-state index contributed by atoms with van der Waals surface area (Å²) >= 11 is 0. The van der Waals surface area contributed by atoms with Gasteiger partial charge in [0, 0.05) is 24.0 Å². The fraction of sp³-hybridized carbons (Fsp3) is 0.357. The van der Waals surface area contributed by atoms with E-state index in [9.17, 15) is 0 Å². The molecule has 1 saturated carbocycles. The van der Waals surface area contributed by atoms with Crippen LogP contribution in [0.1, 0.15) is 19.3 Å². The van der Waals surface area contributed by atoms with Crippen LogP contribution in [-0.4, -0.2) is 16.7 Å². The second-order valence-electron chi connectivity index (χ2n) is 4.73. The maximum atomic E-state index is 3.98. The number of hydrogen-bond acceptors (Lipinski definition) is 2. The largest absolute Gasteiger partial charge is 0.385 e. The predicted octanol–water partition coefficient (Wildman–Crippen LogP) is 3.29. The van der Waals surface area contributed by atoms with Crippen molar-refractivity contribution in [3.05, 3.63) is 36.5 Å². The van der Waals surface area contributed by atoms with E-state index in [0.717, 1.165) is 18.2 Å². The van der Waals surface area contributed by atoms with Crippen molar-refractivity contribution in [2.75, 3.05) is 11.9 Å². The summed E-state index contributed by atoms with van der Waals surface area (Å²) < 4.78 is 0. The molecule has 0 aliphatic heterocycles. The molecular formula is C14H17N3. The molecule has 1 fully saturated rings. The van der Waals surface area contributed by atoms with E-state index in [1.807, 2.05) is 6.07 Å². The van der Waals surface area contributed by atoms with Crippen LogP contribution in [0.5, 0.6) is 0 Å².